The Labute approximate surface area is 119 Å². The Kier molecular flexibility index (Phi) is 2.96. The molecule has 2 aromatic heterocycles. The minimum Gasteiger partial charge on any atom is -0.304 e. The molecule has 0 saturated carbocycles. The first kappa shape index (κ1) is 12.5. The molecule has 0 bridgehead atoms. The lowest BCUT2D eigenvalue weighted by Gasteiger charge is -1.99. The normalized spacial score (nSPS) is 11.2. The number of fused-ring (bicyclic) bond motifs is 1. The minimum absolute atomic E-state index is 0.251. The number of pyridine rings is 1. The van der Waals surface area contributed by atoms with Gasteiger partial charge in [-0.15, -0.1) is 0 Å². The zero-order chi connectivity index (χ0) is 13.6. The van der Waals surface area contributed by atoms with Crippen LogP contribution in [0, 0.1) is 12.7 Å². The quantitative estimate of drug-likeness (QED) is 0.633. The average Bonchev–Trinajstić information content (AvgIpc) is 2.76. The summed E-state index contributed by atoms with van der Waals surface area (Å²) in [5, 5.41) is 0.989. The van der Waals surface area contributed by atoms with Crippen molar-refractivity contribution in [3.8, 4) is 11.3 Å². The molecule has 0 radical (unpaired) electrons. The summed E-state index contributed by atoms with van der Waals surface area (Å²) in [6.07, 6.45) is 3.49. The molecule has 96 valence electrons. The van der Waals surface area contributed by atoms with E-state index in [1.807, 2.05) is 6.07 Å². The molecule has 0 N–H and O–H groups in total. The largest absolute Gasteiger partial charge is 0.304 e. The van der Waals surface area contributed by atoms with Gasteiger partial charge >= 0.3 is 0 Å². The first-order valence-electron chi connectivity index (χ1n) is 5.65. The molecular weight excluding hydrogens is 286 g/mol. The lowest BCUT2D eigenvalue weighted by atomic mass is 10.1. The number of aromatic nitrogens is 2. The van der Waals surface area contributed by atoms with Crippen molar-refractivity contribution in [2.45, 2.75) is 6.92 Å². The van der Waals surface area contributed by atoms with Crippen molar-refractivity contribution in [1.82, 2.24) is 9.38 Å². The molecule has 0 fully saturated rings. The third-order valence-electron chi connectivity index (χ3n) is 2.94. The van der Waals surface area contributed by atoms with Crippen molar-refractivity contribution in [1.29, 1.82) is 0 Å². The first-order chi connectivity index (χ1) is 9.04. The molecule has 0 aliphatic carbocycles. The van der Waals surface area contributed by atoms with Gasteiger partial charge in [0.05, 0.1) is 15.7 Å². The van der Waals surface area contributed by atoms with Gasteiger partial charge in [0.1, 0.15) is 5.82 Å². The third kappa shape index (κ3) is 2.20. The van der Waals surface area contributed by atoms with Crippen LogP contribution in [0.15, 0.2) is 36.7 Å². The number of rotatable bonds is 1. The Bertz CT molecular complexity index is 780. The number of imidazole rings is 1. The second-order valence-electron chi connectivity index (χ2n) is 4.33. The van der Waals surface area contributed by atoms with Gasteiger partial charge in [-0.25, -0.2) is 9.37 Å². The van der Waals surface area contributed by atoms with Crippen LogP contribution >= 0.6 is 23.2 Å². The highest BCUT2D eigenvalue weighted by molar-refractivity contribution is 6.36. The smallest absolute Gasteiger partial charge is 0.156 e. The fourth-order valence-electron chi connectivity index (χ4n) is 1.92. The lowest BCUT2D eigenvalue weighted by molar-refractivity contribution is 0.619. The van der Waals surface area contributed by atoms with E-state index in [9.17, 15) is 4.39 Å². The molecule has 0 aliphatic rings. The van der Waals surface area contributed by atoms with Crippen LogP contribution in [0.2, 0.25) is 10.0 Å². The van der Waals surface area contributed by atoms with E-state index in [0.717, 1.165) is 0 Å². The summed E-state index contributed by atoms with van der Waals surface area (Å²) in [6.45, 7) is 1.72. The zero-order valence-corrected chi connectivity index (χ0v) is 11.5. The van der Waals surface area contributed by atoms with E-state index in [1.165, 1.54) is 6.07 Å². The predicted molar refractivity (Wildman–Crippen MR) is 75.3 cm³/mol. The number of benzene rings is 1. The molecule has 1 aromatic carbocycles. The topological polar surface area (TPSA) is 17.3 Å². The molecule has 0 unspecified atom stereocenters. The SMILES string of the molecule is Cc1ccc(-c2cn3cc(Cl)cc(Cl)c3n2)cc1F. The summed E-state index contributed by atoms with van der Waals surface area (Å²) in [5.74, 6) is -0.251. The summed E-state index contributed by atoms with van der Waals surface area (Å²) in [5.41, 5.74) is 2.57. The molecule has 2 heterocycles. The Hall–Kier alpha value is -1.58. The van der Waals surface area contributed by atoms with Crippen LogP contribution in [0.4, 0.5) is 4.39 Å². The van der Waals surface area contributed by atoms with Crippen molar-refractivity contribution >= 4 is 28.8 Å². The fourth-order valence-corrected chi connectivity index (χ4v) is 2.44. The molecular formula is C14H9Cl2FN2. The molecule has 0 saturated heterocycles. The second-order valence-corrected chi connectivity index (χ2v) is 5.17. The number of nitrogens with zero attached hydrogens (tertiary/aromatic N) is 2. The Morgan fingerprint density at radius 3 is 2.68 bits per heavy atom. The van der Waals surface area contributed by atoms with Crippen LogP contribution in [-0.2, 0) is 0 Å². The van der Waals surface area contributed by atoms with Crippen LogP contribution in [0.1, 0.15) is 5.56 Å². The van der Waals surface area contributed by atoms with Crippen LogP contribution in [-0.4, -0.2) is 9.38 Å². The monoisotopic (exact) mass is 294 g/mol. The van der Waals surface area contributed by atoms with Crippen LogP contribution < -0.4 is 0 Å². The van der Waals surface area contributed by atoms with Gasteiger partial charge in [0.2, 0.25) is 0 Å². The Morgan fingerprint density at radius 2 is 1.95 bits per heavy atom. The Morgan fingerprint density at radius 1 is 1.16 bits per heavy atom. The van der Waals surface area contributed by atoms with Gasteiger partial charge in [-0.05, 0) is 24.6 Å². The molecule has 5 heteroatoms. The maximum atomic E-state index is 13.6. The van der Waals surface area contributed by atoms with Crippen molar-refractivity contribution in [3.05, 3.63) is 58.1 Å². The van der Waals surface area contributed by atoms with E-state index in [1.54, 1.807) is 35.9 Å². The van der Waals surface area contributed by atoms with E-state index in [0.29, 0.717) is 32.5 Å². The van der Waals surface area contributed by atoms with Crippen LogP contribution in [0.25, 0.3) is 16.9 Å². The highest BCUT2D eigenvalue weighted by Crippen LogP contribution is 2.26. The maximum absolute atomic E-state index is 13.6. The van der Waals surface area contributed by atoms with Crippen molar-refractivity contribution in [2.75, 3.05) is 0 Å². The molecule has 3 aromatic rings. The summed E-state index contributed by atoms with van der Waals surface area (Å²) >= 11 is 12.0. The van der Waals surface area contributed by atoms with E-state index in [-0.39, 0.29) is 5.82 Å². The van der Waals surface area contributed by atoms with E-state index < -0.39 is 0 Å². The number of halogens is 3. The standard InChI is InChI=1S/C14H9Cl2FN2/c1-8-2-3-9(4-12(8)17)13-7-19-6-10(15)5-11(16)14(19)18-13/h2-7H,1H3. The highest BCUT2D eigenvalue weighted by Gasteiger charge is 2.09. The molecule has 2 nitrogen and oxygen atoms in total. The second kappa shape index (κ2) is 4.51. The zero-order valence-electron chi connectivity index (χ0n) is 9.99. The average molecular weight is 295 g/mol. The molecule has 0 spiro atoms. The van der Waals surface area contributed by atoms with Gasteiger partial charge in [-0.3, -0.25) is 0 Å². The maximum Gasteiger partial charge on any atom is 0.156 e. The third-order valence-corrected chi connectivity index (χ3v) is 3.43. The van der Waals surface area contributed by atoms with Gasteiger partial charge in [0.15, 0.2) is 5.65 Å². The van der Waals surface area contributed by atoms with Crippen LogP contribution in [0.5, 0.6) is 0 Å². The summed E-state index contributed by atoms with van der Waals surface area (Å²) in [7, 11) is 0. The predicted octanol–water partition coefficient (Wildman–Crippen LogP) is 4.76. The first-order valence-corrected chi connectivity index (χ1v) is 6.40. The van der Waals surface area contributed by atoms with Gasteiger partial charge in [0, 0.05) is 18.0 Å². The number of aryl methyl sites for hydroxylation is 1. The van der Waals surface area contributed by atoms with Gasteiger partial charge < -0.3 is 4.40 Å². The van der Waals surface area contributed by atoms with Crippen molar-refractivity contribution in [2.24, 2.45) is 0 Å². The molecule has 0 atom stereocenters. The number of hydrogen-bond acceptors (Lipinski definition) is 1. The number of hydrogen-bond donors (Lipinski definition) is 0. The summed E-state index contributed by atoms with van der Waals surface area (Å²) < 4.78 is 15.3. The molecule has 19 heavy (non-hydrogen) atoms. The van der Waals surface area contributed by atoms with Gasteiger partial charge in [-0.1, -0.05) is 35.3 Å². The van der Waals surface area contributed by atoms with Crippen molar-refractivity contribution in [3.63, 3.8) is 0 Å². The van der Waals surface area contributed by atoms with Gasteiger partial charge in [0.25, 0.3) is 0 Å². The fraction of sp³-hybridized carbons (Fsp3) is 0.0714. The highest BCUT2D eigenvalue weighted by atomic mass is 35.5. The van der Waals surface area contributed by atoms with E-state index >= 15 is 0 Å². The van der Waals surface area contributed by atoms with Crippen LogP contribution in [0.3, 0.4) is 0 Å². The Balaban J connectivity index is 2.20. The van der Waals surface area contributed by atoms with Gasteiger partial charge in [-0.2, -0.15) is 0 Å². The summed E-state index contributed by atoms with van der Waals surface area (Å²) in [4.78, 5) is 4.40. The van der Waals surface area contributed by atoms with E-state index in [4.69, 9.17) is 23.2 Å². The minimum atomic E-state index is -0.251. The summed E-state index contributed by atoms with van der Waals surface area (Å²) in [6, 6.07) is 6.65. The molecule has 3 rings (SSSR count). The lowest BCUT2D eigenvalue weighted by Crippen LogP contribution is -1.84. The van der Waals surface area contributed by atoms with Crippen molar-refractivity contribution < 1.29 is 4.39 Å². The molecule has 0 aliphatic heterocycles. The van der Waals surface area contributed by atoms with E-state index in [2.05, 4.69) is 4.98 Å². The molecule has 0 amide bonds.